The van der Waals surface area contributed by atoms with Gasteiger partial charge in [0, 0.05) is 1.43 Å². The van der Waals surface area contributed by atoms with Crippen molar-refractivity contribution >= 4 is 45.0 Å². The SMILES string of the molecule is C=C[CH2][AlH2].CC[CH]([AlH2])c1ccccc1.Cl.[HH]. The first-order valence-corrected chi connectivity index (χ1v) is 7.98. The molecule has 0 saturated carbocycles. The minimum absolute atomic E-state index is 0. The molecule has 0 aliphatic rings. The fraction of sp³-hybridized carbons (Fsp3) is 0.333. The van der Waals surface area contributed by atoms with E-state index in [0.29, 0.717) is 0 Å². The van der Waals surface area contributed by atoms with E-state index in [1.807, 2.05) is 6.08 Å². The van der Waals surface area contributed by atoms with Crippen molar-refractivity contribution in [1.82, 2.24) is 0 Å². The Morgan fingerprint density at radius 3 is 2.20 bits per heavy atom. The minimum atomic E-state index is 0. The summed E-state index contributed by atoms with van der Waals surface area (Å²) in [6.45, 7) is 5.77. The maximum atomic E-state index is 3.51. The third-order valence-corrected chi connectivity index (χ3v) is 4.33. The molecule has 15 heavy (non-hydrogen) atoms. The third-order valence-electron chi connectivity index (χ3n) is 2.27. The number of rotatable bonds is 3. The van der Waals surface area contributed by atoms with E-state index < -0.39 is 0 Å². The van der Waals surface area contributed by atoms with Crippen LogP contribution < -0.4 is 0 Å². The summed E-state index contributed by atoms with van der Waals surface area (Å²) in [5.74, 6) is 0. The summed E-state index contributed by atoms with van der Waals surface area (Å²) in [5, 5.41) is 1.22. The zero-order valence-electron chi connectivity index (χ0n) is 10.1. The lowest BCUT2D eigenvalue weighted by molar-refractivity contribution is 0.882. The van der Waals surface area contributed by atoms with Gasteiger partial charge in [0.1, 0.15) is 0 Å². The Labute approximate surface area is 118 Å². The Morgan fingerprint density at radius 1 is 1.40 bits per heavy atom. The molecule has 84 valence electrons. The maximum Gasteiger partial charge on any atom is 0.223 e. The lowest BCUT2D eigenvalue weighted by atomic mass is 10.1. The molecule has 0 fully saturated rings. The highest BCUT2D eigenvalue weighted by atomic mass is 35.5. The maximum absolute atomic E-state index is 3.51. The molecule has 0 saturated heterocycles. The van der Waals surface area contributed by atoms with Crippen molar-refractivity contribution in [2.45, 2.75) is 23.4 Å². The van der Waals surface area contributed by atoms with Crippen LogP contribution >= 0.6 is 12.4 Å². The van der Waals surface area contributed by atoms with E-state index in [0.717, 1.165) is 4.78 Å². The van der Waals surface area contributed by atoms with Gasteiger partial charge in [-0.25, -0.2) is 0 Å². The van der Waals surface area contributed by atoms with Crippen molar-refractivity contribution in [3.8, 4) is 0 Å². The zero-order chi connectivity index (χ0) is 10.8. The van der Waals surface area contributed by atoms with Gasteiger partial charge in [-0.15, -0.1) is 25.1 Å². The fourth-order valence-corrected chi connectivity index (χ4v) is 1.40. The Morgan fingerprint density at radius 2 is 1.87 bits per heavy atom. The number of halogens is 1. The molecule has 3 heteroatoms. The van der Waals surface area contributed by atoms with E-state index in [2.05, 4.69) is 43.8 Å². The topological polar surface area (TPSA) is 0 Å². The van der Waals surface area contributed by atoms with Crippen LogP contribution in [0.1, 0.15) is 25.1 Å². The van der Waals surface area contributed by atoms with Gasteiger partial charge < -0.3 is 0 Å². The average Bonchev–Trinajstić information content (AvgIpc) is 2.29. The number of benzene rings is 1. The minimum Gasteiger partial charge on any atom is -0.147 e. The van der Waals surface area contributed by atoms with E-state index in [-0.39, 0.29) is 13.8 Å². The molecular weight excluding hydrogens is 234 g/mol. The van der Waals surface area contributed by atoms with Crippen LogP contribution in [0.2, 0.25) is 5.28 Å². The summed E-state index contributed by atoms with van der Waals surface area (Å²) in [7, 11) is 0. The molecule has 1 atom stereocenters. The second-order valence-electron chi connectivity index (χ2n) is 3.42. The van der Waals surface area contributed by atoms with Gasteiger partial charge in [0.05, 0.1) is 0 Å². The summed E-state index contributed by atoms with van der Waals surface area (Å²) >= 11 is 2.55. The van der Waals surface area contributed by atoms with Crippen LogP contribution in [-0.4, -0.2) is 32.6 Å². The first-order chi connectivity index (χ1) is 6.76. The summed E-state index contributed by atoms with van der Waals surface area (Å²) in [5.41, 5.74) is 1.51. The molecule has 0 spiro atoms. The molecule has 1 aromatic carbocycles. The van der Waals surface area contributed by atoms with Crippen molar-refractivity contribution in [3.05, 3.63) is 48.6 Å². The number of hydrogen-bond donors (Lipinski definition) is 0. The van der Waals surface area contributed by atoms with Crippen molar-refractivity contribution in [3.63, 3.8) is 0 Å². The van der Waals surface area contributed by atoms with Crippen molar-refractivity contribution in [2.24, 2.45) is 0 Å². The third kappa shape index (κ3) is 9.26. The van der Waals surface area contributed by atoms with Crippen LogP contribution in [-0.2, 0) is 0 Å². The van der Waals surface area contributed by atoms with Gasteiger partial charge in [-0.3, -0.25) is 0 Å². The zero-order valence-corrected chi connectivity index (χ0v) is 14.9. The van der Waals surface area contributed by atoms with Crippen molar-refractivity contribution in [2.75, 3.05) is 0 Å². The van der Waals surface area contributed by atoms with E-state index >= 15 is 0 Å². The molecular formula is C12H23Al2Cl. The molecule has 0 bridgehead atoms. The summed E-state index contributed by atoms with van der Waals surface area (Å²) in [6, 6.07) is 10.8. The second-order valence-corrected chi connectivity index (χ2v) is 5.63. The lowest BCUT2D eigenvalue weighted by Gasteiger charge is -2.06. The fourth-order valence-electron chi connectivity index (χ4n) is 1.02. The van der Waals surface area contributed by atoms with Gasteiger partial charge in [-0.1, -0.05) is 59.3 Å². The van der Waals surface area contributed by atoms with E-state index in [4.69, 9.17) is 0 Å². The number of allylic oxidation sites excluding steroid dienone is 1. The Bertz CT molecular complexity index is 242. The molecule has 1 aromatic rings. The van der Waals surface area contributed by atoms with Crippen LogP contribution in [0.25, 0.3) is 0 Å². The Kier molecular flexibility index (Phi) is 14.6. The molecule has 0 N–H and O–H groups in total. The molecule has 0 heterocycles. The predicted molar refractivity (Wildman–Crippen MR) is 80.9 cm³/mol. The van der Waals surface area contributed by atoms with Crippen LogP contribution in [0.4, 0.5) is 0 Å². The Hall–Kier alpha value is 0.315. The first kappa shape index (κ1) is 17.7. The highest BCUT2D eigenvalue weighted by Gasteiger charge is 1.99. The van der Waals surface area contributed by atoms with Gasteiger partial charge >= 0.3 is 0 Å². The van der Waals surface area contributed by atoms with E-state index in [9.17, 15) is 0 Å². The van der Waals surface area contributed by atoms with Crippen LogP contribution in [0.3, 0.4) is 0 Å². The largest absolute Gasteiger partial charge is 0.223 e. The smallest absolute Gasteiger partial charge is 0.147 e. The molecule has 0 nitrogen and oxygen atoms in total. The van der Waals surface area contributed by atoms with Crippen molar-refractivity contribution < 1.29 is 1.43 Å². The summed E-state index contributed by atoms with van der Waals surface area (Å²) < 4.78 is 0.848. The normalized spacial score (nSPS) is 10.2. The van der Waals surface area contributed by atoms with Gasteiger partial charge in [-0.2, -0.15) is 0 Å². The molecule has 0 aromatic heterocycles. The predicted octanol–water partition coefficient (Wildman–Crippen LogP) is 2.66. The molecule has 1 rings (SSSR count). The quantitative estimate of drug-likeness (QED) is 0.576. The monoisotopic (exact) mass is 256 g/mol. The van der Waals surface area contributed by atoms with E-state index in [1.54, 1.807) is 0 Å². The van der Waals surface area contributed by atoms with Gasteiger partial charge in [0.15, 0.2) is 0 Å². The van der Waals surface area contributed by atoms with Crippen LogP contribution in [0.5, 0.6) is 0 Å². The summed E-state index contributed by atoms with van der Waals surface area (Å²) in [4.78, 5) is 0. The molecule has 0 amide bonds. The van der Waals surface area contributed by atoms with Crippen LogP contribution in [0, 0.1) is 0 Å². The summed E-state index contributed by atoms with van der Waals surface area (Å²) in [6.07, 6.45) is 3.22. The van der Waals surface area contributed by atoms with Crippen LogP contribution in [0.15, 0.2) is 43.0 Å². The lowest BCUT2D eigenvalue weighted by Crippen LogP contribution is -1.94. The standard InChI is InChI=1S/C9H11.C3H5.2Al.ClH.H2.4H/c1-2-6-9-7-4-3-5-8-9;1-3-2;;;;;;;;/h3-8H,2H2,1H3;3H,1-2H2;;;2*1H;;;;. The number of hydrogen-bond acceptors (Lipinski definition) is 0. The van der Waals surface area contributed by atoms with E-state index in [1.165, 1.54) is 49.8 Å². The van der Waals surface area contributed by atoms with Crippen molar-refractivity contribution in [1.29, 1.82) is 0 Å². The highest BCUT2D eigenvalue weighted by molar-refractivity contribution is 6.12. The molecule has 1 unspecified atom stereocenters. The highest BCUT2D eigenvalue weighted by Crippen LogP contribution is 2.13. The molecule has 0 radical (unpaired) electrons. The average molecular weight is 257 g/mol. The molecule has 0 aliphatic heterocycles. The first-order valence-electron chi connectivity index (χ1n) is 5.42. The Balaban J connectivity index is -0.000000249. The molecule has 0 aliphatic carbocycles. The van der Waals surface area contributed by atoms with Gasteiger partial charge in [-0.05, 0) is 0 Å². The van der Waals surface area contributed by atoms with Gasteiger partial charge in [0.2, 0.25) is 32.6 Å². The second kappa shape index (κ2) is 12.4. The van der Waals surface area contributed by atoms with Gasteiger partial charge in [0.25, 0.3) is 0 Å².